The van der Waals surface area contributed by atoms with Gasteiger partial charge in [-0.15, -0.1) is 0 Å². The van der Waals surface area contributed by atoms with Crippen molar-refractivity contribution in [2.45, 2.75) is 0 Å². The van der Waals surface area contributed by atoms with Crippen molar-refractivity contribution in [1.29, 1.82) is 5.26 Å². The fourth-order valence-electron chi connectivity index (χ4n) is 1.74. The normalized spacial score (nSPS) is 10.6. The van der Waals surface area contributed by atoms with Gasteiger partial charge in [0.05, 0.1) is 5.56 Å². The van der Waals surface area contributed by atoms with E-state index in [1.807, 2.05) is 0 Å². The van der Waals surface area contributed by atoms with Gasteiger partial charge in [0.1, 0.15) is 11.6 Å². The summed E-state index contributed by atoms with van der Waals surface area (Å²) in [5.74, 6) is -1.67. The van der Waals surface area contributed by atoms with Crippen molar-refractivity contribution in [2.75, 3.05) is 10.6 Å². The number of hydrogen-bond donors (Lipinski definition) is 3. The minimum atomic E-state index is -1.06. The third-order valence-electron chi connectivity index (χ3n) is 2.98. The highest BCUT2D eigenvalue weighted by molar-refractivity contribution is 6.30. The predicted octanol–water partition coefficient (Wildman–Crippen LogP) is 3.50. The van der Waals surface area contributed by atoms with Crippen molar-refractivity contribution in [3.63, 3.8) is 0 Å². The van der Waals surface area contributed by atoms with E-state index in [2.05, 4.69) is 10.6 Å². The Bertz CT molecular complexity index is 822. The molecule has 7 heteroatoms. The summed E-state index contributed by atoms with van der Waals surface area (Å²) in [4.78, 5) is 22.8. The number of carboxylic acid groups (broad SMARTS) is 1. The number of anilines is 2. The third kappa shape index (κ3) is 4.60. The first-order valence-corrected chi connectivity index (χ1v) is 7.14. The monoisotopic (exact) mass is 341 g/mol. The summed E-state index contributed by atoms with van der Waals surface area (Å²) in [6, 6.07) is 14.2. The highest BCUT2D eigenvalue weighted by Gasteiger charge is 2.10. The lowest BCUT2D eigenvalue weighted by Gasteiger charge is -2.05. The summed E-state index contributed by atoms with van der Waals surface area (Å²) in [5, 5.41) is 23.8. The van der Waals surface area contributed by atoms with E-state index in [4.69, 9.17) is 22.0 Å². The quantitative estimate of drug-likeness (QED) is 0.570. The molecule has 0 saturated heterocycles. The van der Waals surface area contributed by atoms with Crippen LogP contribution in [0.2, 0.25) is 5.02 Å². The van der Waals surface area contributed by atoms with Crippen LogP contribution in [-0.4, -0.2) is 17.0 Å². The largest absolute Gasteiger partial charge is 0.478 e. The lowest BCUT2D eigenvalue weighted by Crippen LogP contribution is -2.14. The molecular weight excluding hydrogens is 330 g/mol. The molecule has 0 heterocycles. The maximum Gasteiger partial charge on any atom is 0.335 e. The Balaban J connectivity index is 2.05. The second-order valence-corrected chi connectivity index (χ2v) is 5.09. The van der Waals surface area contributed by atoms with Gasteiger partial charge in [-0.1, -0.05) is 11.6 Å². The Kier molecular flexibility index (Phi) is 5.55. The van der Waals surface area contributed by atoms with Gasteiger partial charge < -0.3 is 15.7 Å². The van der Waals surface area contributed by atoms with Crippen LogP contribution in [0.3, 0.4) is 0 Å². The van der Waals surface area contributed by atoms with Gasteiger partial charge in [0.25, 0.3) is 5.91 Å². The standard InChI is InChI=1S/C17H12ClN3O3/c18-13-3-7-14(8-4-13)20-10-12(9-19)16(22)21-15-5-1-11(2-6-15)17(23)24/h1-8,10,20H,(H,21,22)(H,23,24)/b12-10-. The summed E-state index contributed by atoms with van der Waals surface area (Å²) in [7, 11) is 0. The lowest BCUT2D eigenvalue weighted by molar-refractivity contribution is -0.112. The molecule has 3 N–H and O–H groups in total. The van der Waals surface area contributed by atoms with Gasteiger partial charge in [0.2, 0.25) is 0 Å². The average Bonchev–Trinajstić information content (AvgIpc) is 2.57. The molecule has 0 spiro atoms. The van der Waals surface area contributed by atoms with Crippen LogP contribution < -0.4 is 10.6 Å². The van der Waals surface area contributed by atoms with Crippen LogP contribution in [0.15, 0.2) is 60.3 Å². The van der Waals surface area contributed by atoms with Crippen LogP contribution in [0.4, 0.5) is 11.4 Å². The van der Waals surface area contributed by atoms with Gasteiger partial charge in [-0.2, -0.15) is 5.26 Å². The Morgan fingerprint density at radius 2 is 1.62 bits per heavy atom. The summed E-state index contributed by atoms with van der Waals surface area (Å²) in [5.41, 5.74) is 1.03. The zero-order valence-corrected chi connectivity index (χ0v) is 13.0. The molecule has 2 rings (SSSR count). The van der Waals surface area contributed by atoms with Crippen LogP contribution in [0.1, 0.15) is 10.4 Å². The molecule has 6 nitrogen and oxygen atoms in total. The molecule has 0 atom stereocenters. The SMILES string of the molecule is N#C/C(=C/Nc1ccc(Cl)cc1)C(=O)Nc1ccc(C(=O)O)cc1. The second kappa shape index (κ2) is 7.81. The van der Waals surface area contributed by atoms with E-state index in [0.717, 1.165) is 0 Å². The van der Waals surface area contributed by atoms with Crippen LogP contribution >= 0.6 is 11.6 Å². The number of carbonyl (C=O) groups excluding carboxylic acids is 1. The van der Waals surface area contributed by atoms with Gasteiger partial charge >= 0.3 is 5.97 Å². The van der Waals surface area contributed by atoms with E-state index in [0.29, 0.717) is 16.4 Å². The molecular formula is C17H12ClN3O3. The number of nitrogens with zero attached hydrogens (tertiary/aromatic N) is 1. The average molecular weight is 342 g/mol. The van der Waals surface area contributed by atoms with Crippen molar-refractivity contribution in [3.8, 4) is 6.07 Å². The van der Waals surface area contributed by atoms with Crippen molar-refractivity contribution in [1.82, 2.24) is 0 Å². The van der Waals surface area contributed by atoms with E-state index >= 15 is 0 Å². The second-order valence-electron chi connectivity index (χ2n) is 4.66. The molecule has 2 aromatic rings. The Labute approximate surface area is 143 Å². The van der Waals surface area contributed by atoms with Gasteiger partial charge in [0.15, 0.2) is 0 Å². The molecule has 0 aliphatic rings. The minimum Gasteiger partial charge on any atom is -0.478 e. The first-order chi connectivity index (χ1) is 11.5. The maximum atomic E-state index is 12.1. The lowest BCUT2D eigenvalue weighted by atomic mass is 10.2. The van der Waals surface area contributed by atoms with Crippen LogP contribution in [0.25, 0.3) is 0 Å². The summed E-state index contributed by atoms with van der Waals surface area (Å²) in [6.07, 6.45) is 1.28. The Hall–Kier alpha value is -3.30. The highest BCUT2D eigenvalue weighted by atomic mass is 35.5. The minimum absolute atomic E-state index is 0.105. The summed E-state index contributed by atoms with van der Waals surface area (Å²) >= 11 is 5.78. The molecule has 120 valence electrons. The molecule has 0 aromatic heterocycles. The van der Waals surface area contributed by atoms with Gasteiger partial charge in [0, 0.05) is 22.6 Å². The van der Waals surface area contributed by atoms with E-state index < -0.39 is 11.9 Å². The van der Waals surface area contributed by atoms with Gasteiger partial charge in [-0.05, 0) is 48.5 Å². The van der Waals surface area contributed by atoms with E-state index in [9.17, 15) is 9.59 Å². The van der Waals surface area contributed by atoms with Crippen molar-refractivity contribution < 1.29 is 14.7 Å². The molecule has 0 bridgehead atoms. The van der Waals surface area contributed by atoms with Crippen molar-refractivity contribution in [2.24, 2.45) is 0 Å². The number of benzene rings is 2. The zero-order chi connectivity index (χ0) is 17.5. The number of carboxylic acids is 1. The van der Waals surface area contributed by atoms with Crippen LogP contribution in [-0.2, 0) is 4.79 Å². The predicted molar refractivity (Wildman–Crippen MR) is 90.8 cm³/mol. The zero-order valence-electron chi connectivity index (χ0n) is 12.3. The van der Waals surface area contributed by atoms with Crippen LogP contribution in [0, 0.1) is 11.3 Å². The molecule has 24 heavy (non-hydrogen) atoms. The molecule has 0 unspecified atom stereocenters. The van der Waals surface area contributed by atoms with Crippen LogP contribution in [0.5, 0.6) is 0 Å². The summed E-state index contributed by atoms with van der Waals surface area (Å²) in [6.45, 7) is 0. The number of nitrogens with one attached hydrogen (secondary N) is 2. The first kappa shape index (κ1) is 17.1. The Morgan fingerprint density at radius 1 is 1.04 bits per heavy atom. The van der Waals surface area contributed by atoms with Crippen molar-refractivity contribution >= 4 is 34.9 Å². The molecule has 0 radical (unpaired) electrons. The smallest absolute Gasteiger partial charge is 0.335 e. The number of nitriles is 1. The fraction of sp³-hybridized carbons (Fsp3) is 0. The Morgan fingerprint density at radius 3 is 2.17 bits per heavy atom. The van der Waals surface area contributed by atoms with Gasteiger partial charge in [-0.25, -0.2) is 4.79 Å². The highest BCUT2D eigenvalue weighted by Crippen LogP contribution is 2.14. The molecule has 0 saturated carbocycles. The molecule has 0 aliphatic carbocycles. The van der Waals surface area contributed by atoms with E-state index in [1.54, 1.807) is 30.3 Å². The molecule has 2 aromatic carbocycles. The number of aromatic carboxylic acids is 1. The van der Waals surface area contributed by atoms with Gasteiger partial charge in [-0.3, -0.25) is 4.79 Å². The van der Waals surface area contributed by atoms with E-state index in [-0.39, 0.29) is 11.1 Å². The summed E-state index contributed by atoms with van der Waals surface area (Å²) < 4.78 is 0. The van der Waals surface area contributed by atoms with Crippen molar-refractivity contribution in [3.05, 3.63) is 70.9 Å². The maximum absolute atomic E-state index is 12.1. The van der Waals surface area contributed by atoms with E-state index in [1.165, 1.54) is 30.5 Å². The molecule has 1 amide bonds. The number of rotatable bonds is 5. The molecule has 0 aliphatic heterocycles. The number of hydrogen-bond acceptors (Lipinski definition) is 4. The fourth-order valence-corrected chi connectivity index (χ4v) is 1.87. The molecule has 0 fully saturated rings. The number of carbonyl (C=O) groups is 2. The number of amides is 1. The topological polar surface area (TPSA) is 102 Å². The first-order valence-electron chi connectivity index (χ1n) is 6.76. The third-order valence-corrected chi connectivity index (χ3v) is 3.23. The number of halogens is 1.